The van der Waals surface area contributed by atoms with Crippen LogP contribution in [0.25, 0.3) is 0 Å². The standard InChI is InChI=1S/C17H27NO3/c1-5-17(9-7-8-10-17)16-18-13(11-12(3)4)14(21-16)15(19)20-6-2/h12H,5-11H2,1-4H3. The van der Waals surface area contributed by atoms with E-state index in [1.165, 1.54) is 12.8 Å². The molecule has 2 rings (SSSR count). The summed E-state index contributed by atoms with van der Waals surface area (Å²) in [6.07, 6.45) is 6.39. The van der Waals surface area contributed by atoms with E-state index in [-0.39, 0.29) is 11.4 Å². The summed E-state index contributed by atoms with van der Waals surface area (Å²) in [5, 5.41) is 0. The minimum atomic E-state index is -0.379. The molecule has 0 radical (unpaired) electrons. The molecule has 1 aliphatic rings. The number of oxazole rings is 1. The first-order chi connectivity index (χ1) is 10.0. The molecule has 1 fully saturated rings. The second-order valence-electron chi connectivity index (χ2n) is 6.45. The van der Waals surface area contributed by atoms with Gasteiger partial charge in [-0.1, -0.05) is 33.6 Å². The fourth-order valence-electron chi connectivity index (χ4n) is 3.23. The Morgan fingerprint density at radius 2 is 2.00 bits per heavy atom. The van der Waals surface area contributed by atoms with Crippen molar-refractivity contribution in [3.8, 4) is 0 Å². The van der Waals surface area contributed by atoms with Crippen LogP contribution in [0.2, 0.25) is 0 Å². The van der Waals surface area contributed by atoms with Gasteiger partial charge in [0, 0.05) is 5.41 Å². The van der Waals surface area contributed by atoms with E-state index in [1.807, 2.05) is 6.92 Å². The van der Waals surface area contributed by atoms with Gasteiger partial charge in [0.1, 0.15) is 0 Å². The van der Waals surface area contributed by atoms with Gasteiger partial charge in [0.05, 0.1) is 12.3 Å². The van der Waals surface area contributed by atoms with E-state index in [9.17, 15) is 4.79 Å². The first-order valence-electron chi connectivity index (χ1n) is 8.19. The van der Waals surface area contributed by atoms with Crippen LogP contribution in [0, 0.1) is 5.92 Å². The van der Waals surface area contributed by atoms with E-state index in [2.05, 4.69) is 20.8 Å². The van der Waals surface area contributed by atoms with E-state index < -0.39 is 0 Å². The molecule has 0 unspecified atom stereocenters. The largest absolute Gasteiger partial charge is 0.460 e. The Bertz CT molecular complexity index is 484. The number of carbonyl (C=O) groups excluding carboxylic acids is 1. The van der Waals surface area contributed by atoms with Gasteiger partial charge in [-0.2, -0.15) is 0 Å². The van der Waals surface area contributed by atoms with Crippen LogP contribution in [0.5, 0.6) is 0 Å². The first kappa shape index (κ1) is 16.1. The second-order valence-corrected chi connectivity index (χ2v) is 6.45. The van der Waals surface area contributed by atoms with E-state index in [4.69, 9.17) is 14.1 Å². The minimum absolute atomic E-state index is 0.0243. The summed E-state index contributed by atoms with van der Waals surface area (Å²) in [6, 6.07) is 0. The van der Waals surface area contributed by atoms with Gasteiger partial charge >= 0.3 is 5.97 Å². The topological polar surface area (TPSA) is 52.3 Å². The van der Waals surface area contributed by atoms with Crippen molar-refractivity contribution >= 4 is 5.97 Å². The highest BCUT2D eigenvalue weighted by atomic mass is 16.5. The Morgan fingerprint density at radius 3 is 2.52 bits per heavy atom. The van der Waals surface area contributed by atoms with E-state index >= 15 is 0 Å². The molecular formula is C17H27NO3. The van der Waals surface area contributed by atoms with Crippen molar-refractivity contribution in [2.75, 3.05) is 6.61 Å². The normalized spacial score (nSPS) is 17.4. The summed E-state index contributed by atoms with van der Waals surface area (Å²) < 4.78 is 11.0. The molecule has 1 aromatic heterocycles. The molecule has 4 nitrogen and oxygen atoms in total. The average molecular weight is 293 g/mol. The van der Waals surface area contributed by atoms with Crippen LogP contribution < -0.4 is 0 Å². The zero-order valence-corrected chi connectivity index (χ0v) is 13.7. The summed E-state index contributed by atoms with van der Waals surface area (Å²) in [5.74, 6) is 1.12. The molecule has 1 aliphatic carbocycles. The van der Waals surface area contributed by atoms with Crippen molar-refractivity contribution in [3.63, 3.8) is 0 Å². The van der Waals surface area contributed by atoms with Crippen molar-refractivity contribution in [1.29, 1.82) is 0 Å². The van der Waals surface area contributed by atoms with Crippen LogP contribution in [0.3, 0.4) is 0 Å². The van der Waals surface area contributed by atoms with Crippen molar-refractivity contribution in [2.24, 2.45) is 5.92 Å². The number of nitrogens with zero attached hydrogens (tertiary/aromatic N) is 1. The smallest absolute Gasteiger partial charge is 0.376 e. The first-order valence-corrected chi connectivity index (χ1v) is 8.19. The van der Waals surface area contributed by atoms with E-state index in [0.29, 0.717) is 18.3 Å². The van der Waals surface area contributed by atoms with Gasteiger partial charge in [-0.3, -0.25) is 0 Å². The molecule has 0 amide bonds. The highest BCUT2D eigenvalue weighted by molar-refractivity contribution is 5.87. The second kappa shape index (κ2) is 6.63. The third-order valence-corrected chi connectivity index (χ3v) is 4.45. The van der Waals surface area contributed by atoms with Gasteiger partial charge in [0.2, 0.25) is 11.7 Å². The highest BCUT2D eigenvalue weighted by Gasteiger charge is 2.40. The molecule has 0 atom stereocenters. The van der Waals surface area contributed by atoms with Crippen molar-refractivity contribution in [2.45, 2.75) is 71.6 Å². The minimum Gasteiger partial charge on any atom is -0.460 e. The fraction of sp³-hybridized carbons (Fsp3) is 0.765. The number of esters is 1. The van der Waals surface area contributed by atoms with E-state index in [0.717, 1.165) is 37.3 Å². The maximum atomic E-state index is 12.1. The summed E-state index contributed by atoms with van der Waals surface area (Å²) in [5.41, 5.74) is 0.786. The third kappa shape index (κ3) is 3.30. The number of aromatic nitrogens is 1. The predicted molar refractivity (Wildman–Crippen MR) is 81.4 cm³/mol. The fourth-order valence-corrected chi connectivity index (χ4v) is 3.23. The Balaban J connectivity index is 2.37. The number of rotatable bonds is 6. The molecule has 0 aromatic carbocycles. The van der Waals surface area contributed by atoms with Crippen molar-refractivity contribution in [1.82, 2.24) is 4.98 Å². The molecule has 1 saturated carbocycles. The summed E-state index contributed by atoms with van der Waals surface area (Å²) >= 11 is 0. The quantitative estimate of drug-likeness (QED) is 0.735. The van der Waals surface area contributed by atoms with Gasteiger partial charge in [0.15, 0.2) is 0 Å². The molecule has 0 aliphatic heterocycles. The van der Waals surface area contributed by atoms with Gasteiger partial charge in [-0.15, -0.1) is 0 Å². The molecule has 0 saturated heterocycles. The zero-order valence-electron chi connectivity index (χ0n) is 13.7. The monoisotopic (exact) mass is 293 g/mol. The Kier molecular flexibility index (Phi) is 5.07. The van der Waals surface area contributed by atoms with Crippen LogP contribution in [-0.2, 0) is 16.6 Å². The lowest BCUT2D eigenvalue weighted by Gasteiger charge is -2.22. The van der Waals surface area contributed by atoms with Crippen LogP contribution in [0.4, 0.5) is 0 Å². The lowest BCUT2D eigenvalue weighted by atomic mass is 9.83. The van der Waals surface area contributed by atoms with Gasteiger partial charge in [-0.05, 0) is 38.5 Å². The highest BCUT2D eigenvalue weighted by Crippen LogP contribution is 2.43. The van der Waals surface area contributed by atoms with Gasteiger partial charge in [-0.25, -0.2) is 9.78 Å². The van der Waals surface area contributed by atoms with Crippen molar-refractivity contribution < 1.29 is 13.9 Å². The SMILES string of the molecule is CCOC(=O)c1oc(C2(CC)CCCC2)nc1CC(C)C. The Morgan fingerprint density at radius 1 is 1.33 bits per heavy atom. The predicted octanol–water partition coefficient (Wildman–Crippen LogP) is 4.27. The van der Waals surface area contributed by atoms with E-state index in [1.54, 1.807) is 0 Å². The number of carbonyl (C=O) groups is 1. The molecular weight excluding hydrogens is 266 g/mol. The lowest BCUT2D eigenvalue weighted by Crippen LogP contribution is -2.21. The summed E-state index contributed by atoms with van der Waals surface area (Å²) in [6.45, 7) is 8.58. The summed E-state index contributed by atoms with van der Waals surface area (Å²) in [7, 11) is 0. The Labute approximate surface area is 127 Å². The molecule has 21 heavy (non-hydrogen) atoms. The maximum Gasteiger partial charge on any atom is 0.376 e. The summed E-state index contributed by atoms with van der Waals surface area (Å²) in [4.78, 5) is 16.8. The van der Waals surface area contributed by atoms with Crippen LogP contribution in [-0.4, -0.2) is 17.6 Å². The molecule has 0 bridgehead atoms. The molecule has 118 valence electrons. The molecule has 4 heteroatoms. The zero-order chi connectivity index (χ0) is 15.5. The third-order valence-electron chi connectivity index (χ3n) is 4.45. The number of ether oxygens (including phenoxy) is 1. The van der Waals surface area contributed by atoms with Gasteiger partial charge < -0.3 is 9.15 Å². The van der Waals surface area contributed by atoms with Crippen molar-refractivity contribution in [3.05, 3.63) is 17.3 Å². The molecule has 0 spiro atoms. The molecule has 1 aromatic rings. The average Bonchev–Trinajstić information content (AvgIpc) is 3.05. The van der Waals surface area contributed by atoms with Crippen LogP contribution >= 0.6 is 0 Å². The molecule has 1 heterocycles. The maximum absolute atomic E-state index is 12.1. The number of hydrogen-bond donors (Lipinski definition) is 0. The van der Waals surface area contributed by atoms with Crippen LogP contribution in [0.1, 0.15) is 81.9 Å². The molecule has 0 N–H and O–H groups in total. The number of hydrogen-bond acceptors (Lipinski definition) is 4. The van der Waals surface area contributed by atoms with Crippen LogP contribution in [0.15, 0.2) is 4.42 Å². The lowest BCUT2D eigenvalue weighted by molar-refractivity contribution is 0.0483. The van der Waals surface area contributed by atoms with Gasteiger partial charge in [0.25, 0.3) is 0 Å². The Hall–Kier alpha value is -1.32.